The summed E-state index contributed by atoms with van der Waals surface area (Å²) < 4.78 is 86.4. The number of hydrogen-bond donors (Lipinski definition) is 0. The van der Waals surface area contributed by atoms with Crippen LogP contribution in [0.1, 0.15) is 45.6 Å². The Labute approximate surface area is 230 Å². The highest BCUT2D eigenvalue weighted by Crippen LogP contribution is 2.49. The van der Waals surface area contributed by atoms with Gasteiger partial charge in [-0.25, -0.2) is 4.79 Å². The van der Waals surface area contributed by atoms with Crippen molar-refractivity contribution >= 4 is 23.4 Å². The van der Waals surface area contributed by atoms with Crippen molar-refractivity contribution in [3.05, 3.63) is 28.8 Å². The number of likely N-dealkylation sites (N-methyl/N-ethyl adjacent to an activating group) is 1. The topological polar surface area (TPSA) is 45.2 Å². The lowest BCUT2D eigenvalue weighted by molar-refractivity contribution is -0.308. The summed E-state index contributed by atoms with van der Waals surface area (Å²) in [5.41, 5.74) is 1.60. The second-order valence-electron chi connectivity index (χ2n) is 11.1. The molecule has 0 radical (unpaired) electrons. The molecule has 13 heteroatoms. The minimum absolute atomic E-state index is 0.0216. The molecule has 1 aromatic rings. The number of rotatable bonds is 8. The van der Waals surface area contributed by atoms with Crippen molar-refractivity contribution in [2.45, 2.75) is 70.6 Å². The third-order valence-electron chi connectivity index (χ3n) is 7.67. The number of benzene rings is 1. The van der Waals surface area contributed by atoms with E-state index >= 15 is 0 Å². The first kappa shape index (κ1) is 31.6. The van der Waals surface area contributed by atoms with Gasteiger partial charge in [0.2, 0.25) is 0 Å². The molecule has 2 saturated heterocycles. The number of carbonyl (C=O) groups is 1. The molecular weight excluding hydrogens is 552 g/mol. The summed E-state index contributed by atoms with van der Waals surface area (Å²) in [5.74, 6) is 0. The van der Waals surface area contributed by atoms with Gasteiger partial charge in [-0.05, 0) is 69.2 Å². The average molecular weight is 588 g/mol. The maximum Gasteiger partial charge on any atom is 0.434 e. The van der Waals surface area contributed by atoms with Crippen molar-refractivity contribution < 1.29 is 40.6 Å². The molecule has 1 spiro atoms. The molecule has 222 valence electrons. The Morgan fingerprint density at radius 1 is 1.13 bits per heavy atom. The molecular formula is C26H36ClF6N3O3. The van der Waals surface area contributed by atoms with Crippen LogP contribution in [0.5, 0.6) is 0 Å². The monoisotopic (exact) mass is 587 g/mol. The van der Waals surface area contributed by atoms with Crippen LogP contribution in [0.2, 0.25) is 5.02 Å². The van der Waals surface area contributed by atoms with Crippen LogP contribution in [-0.2, 0) is 16.0 Å². The summed E-state index contributed by atoms with van der Waals surface area (Å²) in [6.45, 7) is 9.40. The molecule has 6 nitrogen and oxygen atoms in total. The molecule has 2 heterocycles. The molecule has 3 rings (SSSR count). The Balaban J connectivity index is 1.67. The van der Waals surface area contributed by atoms with Crippen LogP contribution in [0.3, 0.4) is 0 Å². The van der Waals surface area contributed by atoms with Gasteiger partial charge in [0.15, 0.2) is 0 Å². The third kappa shape index (κ3) is 7.85. The fourth-order valence-corrected chi connectivity index (χ4v) is 5.89. The first-order valence-electron chi connectivity index (χ1n) is 12.9. The van der Waals surface area contributed by atoms with Crippen LogP contribution in [0.25, 0.3) is 0 Å². The summed E-state index contributed by atoms with van der Waals surface area (Å²) in [7, 11) is 1.99. The number of likely N-dealkylation sites (tertiary alicyclic amines) is 2. The van der Waals surface area contributed by atoms with Crippen molar-refractivity contribution in [1.29, 1.82) is 0 Å². The zero-order valence-electron chi connectivity index (χ0n) is 22.6. The van der Waals surface area contributed by atoms with Crippen molar-refractivity contribution in [1.82, 2.24) is 9.80 Å². The van der Waals surface area contributed by atoms with E-state index in [4.69, 9.17) is 16.3 Å². The van der Waals surface area contributed by atoms with E-state index in [2.05, 4.69) is 28.4 Å². The molecule has 1 aromatic carbocycles. The van der Waals surface area contributed by atoms with Crippen molar-refractivity contribution in [3.8, 4) is 0 Å². The molecule has 2 fully saturated rings. The smallest absolute Gasteiger partial charge is 0.426 e. The van der Waals surface area contributed by atoms with E-state index in [1.807, 2.05) is 32.2 Å². The predicted octanol–water partition coefficient (Wildman–Crippen LogP) is 6.51. The molecule has 0 N–H and O–H groups in total. The number of hydrogen-bond acceptors (Lipinski definition) is 5. The first-order valence-corrected chi connectivity index (χ1v) is 13.3. The summed E-state index contributed by atoms with van der Waals surface area (Å²) in [4.78, 5) is 17.6. The molecule has 2 aliphatic rings. The van der Waals surface area contributed by atoms with Crippen LogP contribution in [0.4, 0.5) is 36.8 Å². The minimum atomic E-state index is -5.74. The van der Waals surface area contributed by atoms with Crippen LogP contribution in [-0.4, -0.2) is 86.3 Å². The van der Waals surface area contributed by atoms with Gasteiger partial charge in [-0.3, -0.25) is 4.90 Å². The quantitative estimate of drug-likeness (QED) is 0.256. The SMILES string of the molecule is CCOCCN(C)c1ccc(Cl)cc1CN1CC2(CCN(C(=O)OC(C(F)(F)F)C(F)(F)F)CC2)CC1(C)C. The van der Waals surface area contributed by atoms with E-state index in [9.17, 15) is 31.1 Å². The van der Waals surface area contributed by atoms with E-state index in [-0.39, 0.29) is 24.0 Å². The molecule has 0 bridgehead atoms. The van der Waals surface area contributed by atoms with Gasteiger partial charge in [0, 0.05) is 62.6 Å². The van der Waals surface area contributed by atoms with Gasteiger partial charge in [-0.15, -0.1) is 0 Å². The number of carbonyl (C=O) groups excluding carboxylic acids is 1. The molecule has 2 aliphatic heterocycles. The number of halogens is 7. The first-order chi connectivity index (χ1) is 18.0. The normalized spacial score (nSPS) is 19.6. The highest BCUT2D eigenvalue weighted by atomic mass is 35.5. The Kier molecular flexibility index (Phi) is 9.64. The Hall–Kier alpha value is -1.92. The largest absolute Gasteiger partial charge is 0.434 e. The van der Waals surface area contributed by atoms with E-state index in [1.165, 1.54) is 0 Å². The second-order valence-corrected chi connectivity index (χ2v) is 11.5. The van der Waals surface area contributed by atoms with E-state index in [0.29, 0.717) is 50.7 Å². The lowest BCUT2D eigenvalue weighted by atomic mass is 9.74. The molecule has 1 amide bonds. The fraction of sp³-hybridized carbons (Fsp3) is 0.731. The lowest BCUT2D eigenvalue weighted by Crippen LogP contribution is -2.50. The van der Waals surface area contributed by atoms with Gasteiger partial charge in [-0.2, -0.15) is 26.3 Å². The minimum Gasteiger partial charge on any atom is -0.426 e. The van der Waals surface area contributed by atoms with Crippen LogP contribution < -0.4 is 4.90 Å². The summed E-state index contributed by atoms with van der Waals surface area (Å²) >= 11 is 6.33. The number of anilines is 1. The average Bonchev–Trinajstić information content (AvgIpc) is 3.05. The van der Waals surface area contributed by atoms with Gasteiger partial charge in [-0.1, -0.05) is 11.6 Å². The zero-order valence-corrected chi connectivity index (χ0v) is 23.3. The van der Waals surface area contributed by atoms with E-state index < -0.39 is 24.5 Å². The molecule has 0 saturated carbocycles. The third-order valence-corrected chi connectivity index (χ3v) is 7.91. The number of piperidine rings is 1. The maximum absolute atomic E-state index is 12.8. The van der Waals surface area contributed by atoms with Gasteiger partial charge in [0.05, 0.1) is 6.61 Å². The van der Waals surface area contributed by atoms with Gasteiger partial charge < -0.3 is 19.3 Å². The number of nitrogens with zero attached hydrogens (tertiary/aromatic N) is 3. The second kappa shape index (κ2) is 11.9. The van der Waals surface area contributed by atoms with Crippen LogP contribution in [0, 0.1) is 5.41 Å². The van der Waals surface area contributed by atoms with E-state index in [1.54, 1.807) is 0 Å². The molecule has 0 unspecified atom stereocenters. The Morgan fingerprint density at radius 2 is 1.74 bits per heavy atom. The number of ether oxygens (including phenoxy) is 2. The summed E-state index contributed by atoms with van der Waals surface area (Å²) in [6.07, 6.45) is -15.6. The number of amides is 1. The van der Waals surface area contributed by atoms with Gasteiger partial charge in [0.25, 0.3) is 6.10 Å². The van der Waals surface area contributed by atoms with Gasteiger partial charge in [0.1, 0.15) is 0 Å². The fourth-order valence-electron chi connectivity index (χ4n) is 5.69. The number of alkyl halides is 6. The highest BCUT2D eigenvalue weighted by Gasteiger charge is 2.60. The molecule has 0 aliphatic carbocycles. The zero-order chi connectivity index (χ0) is 29.2. The molecule has 0 atom stereocenters. The van der Waals surface area contributed by atoms with Crippen LogP contribution >= 0.6 is 11.6 Å². The maximum atomic E-state index is 12.8. The lowest BCUT2D eigenvalue weighted by Gasteiger charge is -2.39. The highest BCUT2D eigenvalue weighted by molar-refractivity contribution is 6.30. The standard InChI is InChI=1S/C26H36ClF6N3O3/c1-5-38-13-12-34(4)20-7-6-19(27)14-18(20)15-36-17-24(16-23(36,2)3)8-10-35(11-9-24)22(37)39-21(25(28,29)30)26(31,32)33/h6-7,14,21H,5,8-13,15-17H2,1-4H3. The summed E-state index contributed by atoms with van der Waals surface area (Å²) in [6, 6.07) is 5.75. The van der Waals surface area contributed by atoms with Crippen molar-refractivity contribution in [2.24, 2.45) is 5.41 Å². The Bertz CT molecular complexity index is 982. The van der Waals surface area contributed by atoms with Crippen molar-refractivity contribution in [2.75, 3.05) is 51.3 Å². The summed E-state index contributed by atoms with van der Waals surface area (Å²) in [5, 5.41) is 0.613. The molecule has 0 aromatic heterocycles. The predicted molar refractivity (Wildman–Crippen MR) is 136 cm³/mol. The van der Waals surface area contributed by atoms with Gasteiger partial charge >= 0.3 is 18.4 Å². The van der Waals surface area contributed by atoms with E-state index in [0.717, 1.165) is 22.6 Å². The molecule has 39 heavy (non-hydrogen) atoms. The van der Waals surface area contributed by atoms with Crippen LogP contribution in [0.15, 0.2) is 18.2 Å². The Morgan fingerprint density at radius 3 is 2.31 bits per heavy atom. The van der Waals surface area contributed by atoms with Crippen molar-refractivity contribution in [3.63, 3.8) is 0 Å².